The number of benzene rings is 1. The van der Waals surface area contributed by atoms with Gasteiger partial charge in [0.15, 0.2) is 0 Å². The summed E-state index contributed by atoms with van der Waals surface area (Å²) >= 11 is 17.8. The number of hydrogen-bond donors (Lipinski definition) is 2. The highest BCUT2D eigenvalue weighted by Gasteiger charge is 2.35. The lowest BCUT2D eigenvalue weighted by atomic mass is 10.1. The summed E-state index contributed by atoms with van der Waals surface area (Å²) in [6.45, 7) is 1.42. The summed E-state index contributed by atoms with van der Waals surface area (Å²) in [6.07, 6.45) is 1.56. The van der Waals surface area contributed by atoms with E-state index in [-0.39, 0.29) is 11.6 Å². The fraction of sp³-hybridized carbons (Fsp3) is 0.353. The van der Waals surface area contributed by atoms with Gasteiger partial charge in [0, 0.05) is 38.9 Å². The summed E-state index contributed by atoms with van der Waals surface area (Å²) < 4.78 is 27.8. The summed E-state index contributed by atoms with van der Waals surface area (Å²) in [4.78, 5) is 6.28. The van der Waals surface area contributed by atoms with Crippen LogP contribution < -0.4 is 10.4 Å². The van der Waals surface area contributed by atoms with E-state index in [1.54, 1.807) is 30.5 Å². The van der Waals surface area contributed by atoms with Crippen LogP contribution in [0.15, 0.2) is 36.5 Å². The van der Waals surface area contributed by atoms with Crippen LogP contribution in [0.3, 0.4) is 0 Å². The Morgan fingerprint density at radius 1 is 1.07 bits per heavy atom. The third-order valence-corrected chi connectivity index (χ3v) is 7.79. The van der Waals surface area contributed by atoms with E-state index in [0.717, 1.165) is 5.82 Å². The number of hydrogen-bond acceptors (Lipinski definition) is 6. The molecule has 0 radical (unpaired) electrons. The molecule has 1 aliphatic heterocycles. The molecule has 2 N–H and O–H groups in total. The number of halogens is 3. The average molecular weight is 466 g/mol. The fourth-order valence-corrected chi connectivity index (χ4v) is 5.32. The summed E-state index contributed by atoms with van der Waals surface area (Å²) in [5.41, 5.74) is 2.43. The normalized spacial score (nSPS) is 16.9. The van der Waals surface area contributed by atoms with E-state index in [1.165, 1.54) is 10.4 Å². The second-order valence-corrected chi connectivity index (χ2v) is 9.66. The van der Waals surface area contributed by atoms with Crippen LogP contribution in [0.4, 0.5) is 5.82 Å². The van der Waals surface area contributed by atoms with Crippen LogP contribution in [0, 0.1) is 0 Å². The van der Waals surface area contributed by atoms with Gasteiger partial charge in [0.2, 0.25) is 10.0 Å². The van der Waals surface area contributed by atoms with Crippen molar-refractivity contribution in [3.05, 3.63) is 57.2 Å². The standard InChI is InChI=1S/C17H19Cl3N4O3S/c18-13-2-4-17(21-10-13)23-5-7-24(8-6-23)28(26,27)16(11-22-25)12-1-3-14(19)15(20)9-12/h1-4,9-10,16,22,25H,5-8,11H2. The van der Waals surface area contributed by atoms with Crippen LogP contribution in [0.2, 0.25) is 15.1 Å². The van der Waals surface area contributed by atoms with Crippen molar-refractivity contribution in [2.24, 2.45) is 0 Å². The topological polar surface area (TPSA) is 85.8 Å². The van der Waals surface area contributed by atoms with Gasteiger partial charge in [-0.3, -0.25) is 0 Å². The van der Waals surface area contributed by atoms with Gasteiger partial charge >= 0.3 is 0 Å². The van der Waals surface area contributed by atoms with E-state index in [1.807, 2.05) is 10.4 Å². The molecule has 152 valence electrons. The Bertz CT molecular complexity index is 920. The molecule has 1 atom stereocenters. The van der Waals surface area contributed by atoms with Crippen molar-refractivity contribution in [3.8, 4) is 0 Å². The fourth-order valence-electron chi connectivity index (χ4n) is 3.10. The molecule has 3 rings (SSSR count). The maximum Gasteiger partial charge on any atom is 0.222 e. The van der Waals surface area contributed by atoms with Gasteiger partial charge in [-0.1, -0.05) is 40.9 Å². The summed E-state index contributed by atoms with van der Waals surface area (Å²) in [5, 5.41) is 9.33. The number of pyridine rings is 1. The summed E-state index contributed by atoms with van der Waals surface area (Å²) in [7, 11) is -3.74. The minimum atomic E-state index is -3.74. The van der Waals surface area contributed by atoms with Crippen LogP contribution in [-0.4, -0.2) is 55.6 Å². The Morgan fingerprint density at radius 3 is 2.36 bits per heavy atom. The molecule has 0 aliphatic carbocycles. The Morgan fingerprint density at radius 2 is 1.79 bits per heavy atom. The van der Waals surface area contributed by atoms with Crippen molar-refractivity contribution < 1.29 is 13.6 Å². The van der Waals surface area contributed by atoms with E-state index in [0.29, 0.717) is 41.8 Å². The predicted octanol–water partition coefficient (Wildman–Crippen LogP) is 3.21. The lowest BCUT2D eigenvalue weighted by Crippen LogP contribution is -2.50. The maximum absolute atomic E-state index is 13.2. The molecular formula is C17H19Cl3N4O3S. The third kappa shape index (κ3) is 4.71. The van der Waals surface area contributed by atoms with Crippen molar-refractivity contribution in [1.82, 2.24) is 14.8 Å². The van der Waals surface area contributed by atoms with Crippen molar-refractivity contribution in [2.45, 2.75) is 5.25 Å². The molecule has 28 heavy (non-hydrogen) atoms. The monoisotopic (exact) mass is 464 g/mol. The molecule has 1 aromatic carbocycles. The summed E-state index contributed by atoms with van der Waals surface area (Å²) in [6, 6.07) is 8.21. The minimum Gasteiger partial charge on any atom is -0.354 e. The molecule has 1 aromatic heterocycles. The summed E-state index contributed by atoms with van der Waals surface area (Å²) in [5.74, 6) is 0.750. The van der Waals surface area contributed by atoms with Crippen LogP contribution in [0.25, 0.3) is 0 Å². The molecular weight excluding hydrogens is 447 g/mol. The molecule has 1 fully saturated rings. The zero-order valence-corrected chi connectivity index (χ0v) is 17.8. The molecule has 1 saturated heterocycles. The second-order valence-electron chi connectivity index (χ2n) is 6.29. The zero-order chi connectivity index (χ0) is 20.3. The first-order chi connectivity index (χ1) is 13.3. The first-order valence-corrected chi connectivity index (χ1v) is 11.1. The zero-order valence-electron chi connectivity index (χ0n) is 14.7. The first kappa shape index (κ1) is 21.6. The van der Waals surface area contributed by atoms with E-state index in [9.17, 15) is 13.6 Å². The third-order valence-electron chi connectivity index (χ3n) is 4.59. The Balaban J connectivity index is 1.77. The lowest BCUT2D eigenvalue weighted by Gasteiger charge is -2.36. The van der Waals surface area contributed by atoms with E-state index in [2.05, 4.69) is 4.98 Å². The highest BCUT2D eigenvalue weighted by Crippen LogP contribution is 2.31. The lowest BCUT2D eigenvalue weighted by molar-refractivity contribution is 0.165. The number of hydroxylamine groups is 1. The van der Waals surface area contributed by atoms with Gasteiger partial charge in [0.1, 0.15) is 11.1 Å². The van der Waals surface area contributed by atoms with Crippen molar-refractivity contribution in [2.75, 3.05) is 37.6 Å². The molecule has 7 nitrogen and oxygen atoms in total. The largest absolute Gasteiger partial charge is 0.354 e. The van der Waals surface area contributed by atoms with Crippen molar-refractivity contribution in [3.63, 3.8) is 0 Å². The van der Waals surface area contributed by atoms with Crippen molar-refractivity contribution in [1.29, 1.82) is 0 Å². The minimum absolute atomic E-state index is 0.167. The van der Waals surface area contributed by atoms with E-state index in [4.69, 9.17) is 34.8 Å². The van der Waals surface area contributed by atoms with Gasteiger partial charge in [0.25, 0.3) is 0 Å². The van der Waals surface area contributed by atoms with Gasteiger partial charge in [0.05, 0.1) is 15.1 Å². The molecule has 0 spiro atoms. The average Bonchev–Trinajstić information content (AvgIpc) is 2.69. The first-order valence-electron chi connectivity index (χ1n) is 8.50. The van der Waals surface area contributed by atoms with Gasteiger partial charge in [-0.05, 0) is 29.8 Å². The van der Waals surface area contributed by atoms with E-state index >= 15 is 0 Å². The second kappa shape index (κ2) is 9.13. The number of rotatable bonds is 6. The van der Waals surface area contributed by atoms with E-state index < -0.39 is 15.3 Å². The van der Waals surface area contributed by atoms with Crippen LogP contribution in [0.5, 0.6) is 0 Å². The van der Waals surface area contributed by atoms with Crippen LogP contribution in [-0.2, 0) is 10.0 Å². The molecule has 11 heteroatoms. The molecule has 2 heterocycles. The number of piperazine rings is 1. The Kier molecular flexibility index (Phi) is 7.03. The van der Waals surface area contributed by atoms with Crippen LogP contribution in [0.1, 0.15) is 10.8 Å². The SMILES string of the molecule is O=S(=O)(C(CNO)c1ccc(Cl)c(Cl)c1)N1CCN(c2ccc(Cl)cn2)CC1. The molecule has 0 amide bonds. The van der Waals surface area contributed by atoms with Gasteiger partial charge in [-0.15, -0.1) is 0 Å². The number of sulfonamides is 1. The smallest absolute Gasteiger partial charge is 0.222 e. The van der Waals surface area contributed by atoms with Crippen LogP contribution >= 0.6 is 34.8 Å². The Labute approximate surface area is 178 Å². The molecule has 0 bridgehead atoms. The van der Waals surface area contributed by atoms with Crippen molar-refractivity contribution >= 4 is 50.6 Å². The number of aromatic nitrogens is 1. The highest BCUT2D eigenvalue weighted by molar-refractivity contribution is 7.89. The molecule has 1 aliphatic rings. The molecule has 0 saturated carbocycles. The van der Waals surface area contributed by atoms with Gasteiger partial charge in [-0.2, -0.15) is 4.31 Å². The number of nitrogens with zero attached hydrogens (tertiary/aromatic N) is 3. The molecule has 1 unspecified atom stereocenters. The van der Waals surface area contributed by atoms with Gasteiger partial charge in [-0.25, -0.2) is 18.9 Å². The number of anilines is 1. The number of nitrogens with one attached hydrogen (secondary N) is 1. The highest BCUT2D eigenvalue weighted by atomic mass is 35.5. The maximum atomic E-state index is 13.2. The predicted molar refractivity (Wildman–Crippen MR) is 111 cm³/mol. The Hall–Kier alpha value is -1.13. The quantitative estimate of drug-likeness (QED) is 0.637. The molecule has 2 aromatic rings. The van der Waals surface area contributed by atoms with Gasteiger partial charge < -0.3 is 10.1 Å².